The highest BCUT2D eigenvalue weighted by Crippen LogP contribution is 2.27. The Kier molecular flexibility index (Phi) is 6.84. The van der Waals surface area contributed by atoms with Gasteiger partial charge >= 0.3 is 0 Å². The number of carbonyl (C=O) groups is 1. The molecule has 2 aromatic carbocycles. The Balaban J connectivity index is 1.47. The lowest BCUT2D eigenvalue weighted by Crippen LogP contribution is -2.28. The summed E-state index contributed by atoms with van der Waals surface area (Å²) in [7, 11) is 0. The number of aryl methyl sites for hydroxylation is 1. The highest BCUT2D eigenvalue weighted by Gasteiger charge is 2.12. The fourth-order valence-corrected chi connectivity index (χ4v) is 4.08. The monoisotopic (exact) mass is 398 g/mol. The Morgan fingerprint density at radius 2 is 1.85 bits per heavy atom. The number of carbonyl (C=O) groups excluding carboxylic acids is 1. The molecule has 0 aliphatic carbocycles. The molecule has 2 N–H and O–H groups in total. The summed E-state index contributed by atoms with van der Waals surface area (Å²) in [6, 6.07) is 18.2. The van der Waals surface area contributed by atoms with Gasteiger partial charge in [0.15, 0.2) is 4.34 Å². The van der Waals surface area contributed by atoms with Gasteiger partial charge in [-0.15, -0.1) is 10.2 Å². The van der Waals surface area contributed by atoms with E-state index in [4.69, 9.17) is 0 Å². The first-order valence-electron chi connectivity index (χ1n) is 8.80. The lowest BCUT2D eigenvalue weighted by molar-refractivity contribution is -0.119. The van der Waals surface area contributed by atoms with Crippen LogP contribution in [0.5, 0.6) is 0 Å². The summed E-state index contributed by atoms with van der Waals surface area (Å²) < 4.78 is 0.767. The summed E-state index contributed by atoms with van der Waals surface area (Å²) >= 11 is 2.83. The molecule has 1 atom stereocenters. The topological polar surface area (TPSA) is 66.9 Å². The van der Waals surface area contributed by atoms with Crippen molar-refractivity contribution in [3.05, 3.63) is 65.7 Å². The third kappa shape index (κ3) is 5.80. The Morgan fingerprint density at radius 1 is 1.11 bits per heavy atom. The van der Waals surface area contributed by atoms with Crippen molar-refractivity contribution in [2.75, 3.05) is 11.1 Å². The standard InChI is InChI=1S/C20H22N4OS2/c1-3-15-9-11-16(12-10-15)14(2)21-18(25)13-26-20-24-23-19(27-20)22-17-7-5-4-6-8-17/h4-12,14H,3,13H2,1-2H3,(H,21,25)(H,22,23)/t14-/m1/s1. The van der Waals surface area contributed by atoms with Crippen LogP contribution >= 0.6 is 23.1 Å². The second-order valence-electron chi connectivity index (χ2n) is 6.04. The average molecular weight is 399 g/mol. The van der Waals surface area contributed by atoms with E-state index >= 15 is 0 Å². The summed E-state index contributed by atoms with van der Waals surface area (Å²) in [5.74, 6) is 0.303. The molecular formula is C20H22N4OS2. The molecular weight excluding hydrogens is 376 g/mol. The predicted octanol–water partition coefficient (Wildman–Crippen LogP) is 4.81. The van der Waals surface area contributed by atoms with Crippen LogP contribution in [0.2, 0.25) is 0 Å². The molecule has 7 heteroatoms. The molecule has 0 bridgehead atoms. The molecule has 27 heavy (non-hydrogen) atoms. The zero-order valence-corrected chi connectivity index (χ0v) is 16.9. The zero-order chi connectivity index (χ0) is 19.1. The van der Waals surface area contributed by atoms with E-state index < -0.39 is 0 Å². The summed E-state index contributed by atoms with van der Waals surface area (Å²) in [5.41, 5.74) is 3.37. The maximum Gasteiger partial charge on any atom is 0.230 e. The third-order valence-electron chi connectivity index (χ3n) is 4.02. The molecule has 1 amide bonds. The summed E-state index contributed by atoms with van der Waals surface area (Å²) in [4.78, 5) is 12.2. The van der Waals surface area contributed by atoms with Gasteiger partial charge in [0.25, 0.3) is 0 Å². The SMILES string of the molecule is CCc1ccc([C@@H](C)NC(=O)CSc2nnc(Nc3ccccc3)s2)cc1. The minimum Gasteiger partial charge on any atom is -0.349 e. The van der Waals surface area contributed by atoms with E-state index in [1.165, 1.54) is 28.7 Å². The third-order valence-corrected chi connectivity index (χ3v) is 6.00. The van der Waals surface area contributed by atoms with Crippen molar-refractivity contribution in [1.29, 1.82) is 0 Å². The molecule has 0 aliphatic rings. The van der Waals surface area contributed by atoms with Crippen molar-refractivity contribution >= 4 is 39.8 Å². The lowest BCUT2D eigenvalue weighted by atomic mass is 10.1. The van der Waals surface area contributed by atoms with E-state index in [2.05, 4.69) is 52.0 Å². The van der Waals surface area contributed by atoms with Gasteiger partial charge in [-0.1, -0.05) is 72.5 Å². The van der Waals surface area contributed by atoms with Crippen LogP contribution in [0.15, 0.2) is 58.9 Å². The Morgan fingerprint density at radius 3 is 2.56 bits per heavy atom. The minimum atomic E-state index is -0.0197. The molecule has 0 unspecified atom stereocenters. The normalized spacial score (nSPS) is 11.8. The van der Waals surface area contributed by atoms with E-state index in [1.54, 1.807) is 0 Å². The quantitative estimate of drug-likeness (QED) is 0.533. The van der Waals surface area contributed by atoms with Crippen molar-refractivity contribution in [1.82, 2.24) is 15.5 Å². The summed E-state index contributed by atoms with van der Waals surface area (Å²) in [6.45, 7) is 4.13. The van der Waals surface area contributed by atoms with Crippen LogP contribution in [0.1, 0.15) is 31.0 Å². The van der Waals surface area contributed by atoms with Crippen molar-refractivity contribution in [2.45, 2.75) is 30.6 Å². The van der Waals surface area contributed by atoms with Crippen LogP contribution in [0.25, 0.3) is 0 Å². The van der Waals surface area contributed by atoms with Crippen LogP contribution < -0.4 is 10.6 Å². The second kappa shape index (κ2) is 9.53. The number of thioether (sulfide) groups is 1. The molecule has 1 aromatic heterocycles. The maximum atomic E-state index is 12.2. The number of para-hydroxylation sites is 1. The maximum absolute atomic E-state index is 12.2. The predicted molar refractivity (Wildman–Crippen MR) is 113 cm³/mol. The molecule has 0 radical (unpaired) electrons. The van der Waals surface area contributed by atoms with Gasteiger partial charge in [-0.25, -0.2) is 0 Å². The number of hydrogen-bond donors (Lipinski definition) is 2. The van der Waals surface area contributed by atoms with Gasteiger partial charge in [0.05, 0.1) is 11.8 Å². The number of hydrogen-bond acceptors (Lipinski definition) is 6. The molecule has 5 nitrogen and oxygen atoms in total. The van der Waals surface area contributed by atoms with Gasteiger partial charge in [0, 0.05) is 5.69 Å². The number of nitrogens with one attached hydrogen (secondary N) is 2. The van der Waals surface area contributed by atoms with Crippen LogP contribution in [-0.2, 0) is 11.2 Å². The molecule has 0 aliphatic heterocycles. The number of anilines is 2. The van der Waals surface area contributed by atoms with E-state index in [9.17, 15) is 4.79 Å². The number of amides is 1. The number of rotatable bonds is 8. The largest absolute Gasteiger partial charge is 0.349 e. The lowest BCUT2D eigenvalue weighted by Gasteiger charge is -2.14. The zero-order valence-electron chi connectivity index (χ0n) is 15.3. The van der Waals surface area contributed by atoms with E-state index in [-0.39, 0.29) is 11.9 Å². The average Bonchev–Trinajstić information content (AvgIpc) is 3.14. The van der Waals surface area contributed by atoms with Gasteiger partial charge in [-0.2, -0.15) is 0 Å². The van der Waals surface area contributed by atoms with E-state index in [0.29, 0.717) is 10.9 Å². The number of aromatic nitrogens is 2. The first kappa shape index (κ1) is 19.4. The van der Waals surface area contributed by atoms with Crippen LogP contribution in [-0.4, -0.2) is 21.9 Å². The smallest absolute Gasteiger partial charge is 0.230 e. The van der Waals surface area contributed by atoms with Crippen molar-refractivity contribution < 1.29 is 4.79 Å². The van der Waals surface area contributed by atoms with Gasteiger partial charge in [-0.3, -0.25) is 4.79 Å². The molecule has 1 heterocycles. The fraction of sp³-hybridized carbons (Fsp3) is 0.250. The van der Waals surface area contributed by atoms with Gasteiger partial charge in [-0.05, 0) is 36.6 Å². The van der Waals surface area contributed by atoms with Crippen LogP contribution in [0.3, 0.4) is 0 Å². The molecule has 140 valence electrons. The van der Waals surface area contributed by atoms with E-state index in [1.807, 2.05) is 37.3 Å². The van der Waals surface area contributed by atoms with Crippen LogP contribution in [0, 0.1) is 0 Å². The Labute approximate surface area is 167 Å². The van der Waals surface area contributed by atoms with E-state index in [0.717, 1.165) is 22.0 Å². The summed E-state index contributed by atoms with van der Waals surface area (Å²) in [5, 5.41) is 15.2. The van der Waals surface area contributed by atoms with Gasteiger partial charge in [0.2, 0.25) is 11.0 Å². The summed E-state index contributed by atoms with van der Waals surface area (Å²) in [6.07, 6.45) is 1.01. The molecule has 0 fully saturated rings. The molecule has 3 rings (SSSR count). The van der Waals surface area contributed by atoms with Gasteiger partial charge < -0.3 is 10.6 Å². The van der Waals surface area contributed by atoms with Crippen molar-refractivity contribution in [2.24, 2.45) is 0 Å². The highest BCUT2D eigenvalue weighted by atomic mass is 32.2. The first-order valence-corrected chi connectivity index (χ1v) is 10.6. The molecule has 3 aromatic rings. The van der Waals surface area contributed by atoms with Crippen LogP contribution in [0.4, 0.5) is 10.8 Å². The fourth-order valence-electron chi connectivity index (χ4n) is 2.50. The Bertz CT molecular complexity index is 865. The van der Waals surface area contributed by atoms with Gasteiger partial charge in [0.1, 0.15) is 0 Å². The molecule has 0 spiro atoms. The molecule has 0 saturated carbocycles. The number of nitrogens with zero attached hydrogens (tertiary/aromatic N) is 2. The van der Waals surface area contributed by atoms with Crippen molar-refractivity contribution in [3.8, 4) is 0 Å². The molecule has 0 saturated heterocycles. The Hall–Kier alpha value is -2.38. The second-order valence-corrected chi connectivity index (χ2v) is 8.24. The minimum absolute atomic E-state index is 0.0140. The number of benzene rings is 2. The van der Waals surface area contributed by atoms with Crippen molar-refractivity contribution in [3.63, 3.8) is 0 Å². The first-order chi connectivity index (χ1) is 13.1. The highest BCUT2D eigenvalue weighted by molar-refractivity contribution is 8.01.